The summed E-state index contributed by atoms with van der Waals surface area (Å²) < 4.78 is 4.75. The van der Waals surface area contributed by atoms with Gasteiger partial charge in [0.15, 0.2) is 0 Å². The second kappa shape index (κ2) is 17.4. The third kappa shape index (κ3) is 9.63. The summed E-state index contributed by atoms with van der Waals surface area (Å²) in [7, 11) is 4.77. The van der Waals surface area contributed by atoms with Gasteiger partial charge in [-0.05, 0) is 35.1 Å². The van der Waals surface area contributed by atoms with E-state index in [9.17, 15) is 19.8 Å². The van der Waals surface area contributed by atoms with Crippen molar-refractivity contribution in [1.82, 2.24) is 0 Å². The normalized spacial score (nSPS) is 28.2. The molecule has 9 rings (SSSR count). The number of benzene rings is 3. The summed E-state index contributed by atoms with van der Waals surface area (Å²) in [4.78, 5) is 25.1. The lowest BCUT2D eigenvalue weighted by molar-refractivity contribution is -1.08. The van der Waals surface area contributed by atoms with E-state index in [1.807, 2.05) is 36.4 Å². The molecule has 0 aromatic heterocycles. The Hall–Kier alpha value is -2.40. The van der Waals surface area contributed by atoms with Crippen LogP contribution in [-0.4, -0.2) is 133 Å². The zero-order chi connectivity index (χ0) is 33.6. The summed E-state index contributed by atoms with van der Waals surface area (Å²) in [6.45, 7) is 16.9. The first-order chi connectivity index (χ1) is 22.9. The lowest BCUT2D eigenvalue weighted by atomic mass is 9.82. The van der Waals surface area contributed by atoms with Crippen LogP contribution in [0.4, 0.5) is 0 Å². The van der Waals surface area contributed by atoms with E-state index in [-0.39, 0.29) is 62.5 Å². The van der Waals surface area contributed by atoms with Crippen molar-refractivity contribution in [2.45, 2.75) is 25.9 Å². The van der Waals surface area contributed by atoms with Crippen molar-refractivity contribution in [2.24, 2.45) is 11.8 Å². The molecule has 0 saturated carbocycles. The molecule has 0 radical (unpaired) electrons. The fraction of sp³-hybridized carbons (Fsp3) is 0.500. The monoisotopic (exact) mass is 794 g/mol. The van der Waals surface area contributed by atoms with Crippen LogP contribution in [0.2, 0.25) is 0 Å². The third-order valence-electron chi connectivity index (χ3n) is 13.0. The molecule has 6 saturated heterocycles. The van der Waals surface area contributed by atoms with Crippen LogP contribution in [-0.2, 0) is 35.5 Å². The van der Waals surface area contributed by atoms with Crippen LogP contribution < -0.4 is 49.6 Å². The highest BCUT2D eigenvalue weighted by atomic mass is 35.5. The molecular weight excluding hydrogens is 742 g/mol. The van der Waals surface area contributed by atoms with Crippen molar-refractivity contribution in [3.05, 3.63) is 95.1 Å². The first kappa shape index (κ1) is 44.0. The first-order valence-electron chi connectivity index (χ1n) is 18.0. The molecule has 6 fully saturated rings. The van der Waals surface area contributed by atoms with E-state index >= 15 is 0 Å². The van der Waals surface area contributed by atoms with Gasteiger partial charge in [0, 0.05) is 11.1 Å². The SMILES string of the molecule is C[N+]12CC[N+](Cc3ccc(-c4ccc(C[C@@H](C(=O)O)[C@@H](Cc5cccc(C[N+]67CC[N+](C)(CC6)CC7)c5)C(=O)O)cc4)cc3)(CC1)CC2.[Cl-].[Cl-].[Cl-].[Cl-]. The molecule has 0 amide bonds. The highest BCUT2D eigenvalue weighted by Gasteiger charge is 2.47. The second-order valence-electron chi connectivity index (χ2n) is 16.4. The number of piperazine rings is 6. The van der Waals surface area contributed by atoms with E-state index in [0.717, 1.165) is 39.8 Å². The Labute approximate surface area is 334 Å². The molecule has 3 aromatic rings. The Morgan fingerprint density at radius 2 is 0.846 bits per heavy atom. The highest BCUT2D eigenvalue weighted by molar-refractivity contribution is 5.80. The fourth-order valence-electron chi connectivity index (χ4n) is 9.11. The van der Waals surface area contributed by atoms with Gasteiger partial charge in [-0.25, -0.2) is 0 Å². The number of quaternary nitrogens is 4. The lowest BCUT2D eigenvalue weighted by Crippen LogP contribution is -3.00. The third-order valence-corrected chi connectivity index (χ3v) is 13.0. The summed E-state index contributed by atoms with van der Waals surface area (Å²) in [5.74, 6) is -4.15. The minimum atomic E-state index is -1.06. The van der Waals surface area contributed by atoms with Gasteiger partial charge in [0.2, 0.25) is 0 Å². The quantitative estimate of drug-likeness (QED) is 0.179. The number of carbonyl (C=O) groups is 2. The smallest absolute Gasteiger partial charge is 0.307 e. The van der Waals surface area contributed by atoms with Gasteiger partial charge in [0.05, 0.1) is 25.9 Å². The van der Waals surface area contributed by atoms with Crippen LogP contribution in [0.15, 0.2) is 72.8 Å². The molecule has 8 nitrogen and oxygen atoms in total. The number of hydrogen-bond acceptors (Lipinski definition) is 2. The molecule has 6 heterocycles. The number of carboxylic acid groups (broad SMARTS) is 2. The first-order valence-corrected chi connectivity index (χ1v) is 18.0. The Morgan fingerprint density at radius 1 is 0.500 bits per heavy atom. The van der Waals surface area contributed by atoms with Gasteiger partial charge in [-0.3, -0.25) is 9.59 Å². The van der Waals surface area contributed by atoms with Crippen molar-refractivity contribution in [1.29, 1.82) is 0 Å². The molecule has 2 atom stereocenters. The molecule has 52 heavy (non-hydrogen) atoms. The van der Waals surface area contributed by atoms with E-state index in [0.29, 0.717) is 0 Å². The van der Waals surface area contributed by atoms with Crippen molar-refractivity contribution < 1.29 is 87.4 Å². The Balaban J connectivity index is 0.00000182. The van der Waals surface area contributed by atoms with Gasteiger partial charge in [-0.15, -0.1) is 0 Å². The molecule has 286 valence electrons. The largest absolute Gasteiger partial charge is 1.00 e. The zero-order valence-electron chi connectivity index (χ0n) is 30.4. The van der Waals surface area contributed by atoms with Crippen molar-refractivity contribution in [2.75, 3.05) is 92.6 Å². The summed E-state index contributed by atoms with van der Waals surface area (Å²) in [6.07, 6.45) is 0.387. The minimum Gasteiger partial charge on any atom is -1.00 e. The van der Waals surface area contributed by atoms with Gasteiger partial charge >= 0.3 is 11.9 Å². The van der Waals surface area contributed by atoms with Crippen LogP contribution >= 0.6 is 0 Å². The van der Waals surface area contributed by atoms with Gasteiger partial charge in [0.1, 0.15) is 91.6 Å². The summed E-state index contributed by atoms with van der Waals surface area (Å²) >= 11 is 0. The van der Waals surface area contributed by atoms with Crippen LogP contribution in [0.1, 0.15) is 22.3 Å². The number of fused-ring (bicyclic) bond motifs is 6. The standard InChI is InChI=1S/C40H52N4O4.4ClH/c1-41-14-20-43(21-15-41,22-16-41)29-32-8-12-36(13-9-32)35-10-6-31(7-11-35)27-37(39(45)46)38(40(47)48)28-33-4-3-5-34(26-33)30-44-23-17-42(2,18-24-44)19-25-44;;;;/h3-13,26,37-38H,14-25,27-30H2,1-2H3;4*1H/q+2;;;;/p-2/t37-,38-,41?,42?,43?,44?;;;;/m1..../s1. The molecule has 0 unspecified atom stereocenters. The average Bonchev–Trinajstić information content (AvgIpc) is 3.08. The molecule has 3 aromatic carbocycles. The van der Waals surface area contributed by atoms with Crippen LogP contribution in [0.25, 0.3) is 11.1 Å². The molecule has 0 aliphatic carbocycles. The molecule has 0 spiro atoms. The van der Waals surface area contributed by atoms with Crippen LogP contribution in [0.3, 0.4) is 0 Å². The van der Waals surface area contributed by atoms with E-state index in [2.05, 4.69) is 50.5 Å². The maximum Gasteiger partial charge on any atom is 0.307 e. The number of carboxylic acids is 2. The van der Waals surface area contributed by atoms with Crippen LogP contribution in [0.5, 0.6) is 0 Å². The maximum absolute atomic E-state index is 12.6. The van der Waals surface area contributed by atoms with Crippen molar-refractivity contribution in [3.63, 3.8) is 0 Å². The average molecular weight is 797 g/mol. The van der Waals surface area contributed by atoms with Crippen LogP contribution in [0, 0.1) is 11.8 Å². The number of likely N-dealkylation sites (N-methyl/N-ethyl adjacent to an activating group) is 2. The number of rotatable bonds is 12. The summed E-state index contributed by atoms with van der Waals surface area (Å²) in [6, 6.07) is 25.1. The molecule has 2 N–H and O–H groups in total. The topological polar surface area (TPSA) is 74.6 Å². The van der Waals surface area contributed by atoms with Crippen molar-refractivity contribution >= 4 is 11.9 Å². The number of aliphatic carboxylic acids is 2. The Bertz CT molecular complexity index is 1620. The molecule has 6 aliphatic heterocycles. The predicted octanol–water partition coefficient (Wildman–Crippen LogP) is -7.86. The van der Waals surface area contributed by atoms with Gasteiger partial charge < -0.3 is 77.8 Å². The number of nitrogens with zero attached hydrogens (tertiary/aromatic N) is 4. The number of halogens is 4. The minimum absolute atomic E-state index is 0. The zero-order valence-corrected chi connectivity index (χ0v) is 33.4. The second-order valence-corrected chi connectivity index (χ2v) is 16.4. The predicted molar refractivity (Wildman–Crippen MR) is 187 cm³/mol. The van der Waals surface area contributed by atoms with Crippen molar-refractivity contribution in [3.8, 4) is 11.1 Å². The van der Waals surface area contributed by atoms with Gasteiger partial charge in [-0.1, -0.05) is 72.8 Å². The fourth-order valence-corrected chi connectivity index (χ4v) is 9.11. The number of hydrogen-bond donors (Lipinski definition) is 2. The van der Waals surface area contributed by atoms with E-state index in [4.69, 9.17) is 0 Å². The lowest BCUT2D eigenvalue weighted by Gasteiger charge is -2.54. The van der Waals surface area contributed by atoms with Gasteiger partial charge in [-0.2, -0.15) is 0 Å². The summed E-state index contributed by atoms with van der Waals surface area (Å²) in [5.41, 5.74) is 6.57. The van der Waals surface area contributed by atoms with E-state index < -0.39 is 23.8 Å². The molecule has 12 heteroatoms. The molecular formula is C40H54Cl4N4O4. The maximum atomic E-state index is 12.6. The van der Waals surface area contributed by atoms with E-state index in [1.165, 1.54) is 103 Å². The molecule has 6 aliphatic rings. The summed E-state index contributed by atoms with van der Waals surface area (Å²) in [5, 5.41) is 20.5. The Morgan fingerprint density at radius 3 is 1.25 bits per heavy atom. The molecule has 4 bridgehead atoms. The highest BCUT2D eigenvalue weighted by Crippen LogP contribution is 2.31. The Kier molecular flexibility index (Phi) is 14.7. The van der Waals surface area contributed by atoms with Gasteiger partial charge in [0.25, 0.3) is 0 Å². The van der Waals surface area contributed by atoms with E-state index in [1.54, 1.807) is 0 Å².